The molecule has 1 atom stereocenters. The number of rotatable bonds is 9. The summed E-state index contributed by atoms with van der Waals surface area (Å²) < 4.78 is 0. The summed E-state index contributed by atoms with van der Waals surface area (Å²) in [4.78, 5) is 2.27. The number of hydrogen-bond acceptors (Lipinski definition) is 1. The Morgan fingerprint density at radius 2 is 1.50 bits per heavy atom. The Hall–Kier alpha value is -4.36. The number of nitrogens with zero attached hydrogens (tertiary/aromatic N) is 1. The van der Waals surface area contributed by atoms with Crippen LogP contribution in [0.3, 0.4) is 0 Å². The highest BCUT2D eigenvalue weighted by molar-refractivity contribution is 5.83. The van der Waals surface area contributed by atoms with Crippen molar-refractivity contribution in [3.63, 3.8) is 0 Å². The van der Waals surface area contributed by atoms with E-state index in [0.29, 0.717) is 5.92 Å². The van der Waals surface area contributed by atoms with E-state index in [2.05, 4.69) is 161 Å². The molecule has 0 radical (unpaired) electrons. The van der Waals surface area contributed by atoms with Gasteiger partial charge in [-0.15, -0.1) is 0 Å². The van der Waals surface area contributed by atoms with Crippen LogP contribution in [0.1, 0.15) is 57.2 Å². The van der Waals surface area contributed by atoms with Crippen molar-refractivity contribution in [2.24, 2.45) is 5.92 Å². The lowest BCUT2D eigenvalue weighted by Crippen LogP contribution is -2.10. The fourth-order valence-electron chi connectivity index (χ4n) is 5.58. The Bertz CT molecular complexity index is 1580. The van der Waals surface area contributed by atoms with Gasteiger partial charge in [-0.3, -0.25) is 0 Å². The molecule has 214 valence electrons. The molecule has 4 aromatic carbocycles. The van der Waals surface area contributed by atoms with Crippen molar-refractivity contribution in [3.05, 3.63) is 156 Å². The molecular weight excluding hydrogens is 506 g/mol. The van der Waals surface area contributed by atoms with Crippen LogP contribution in [-0.4, -0.2) is 7.05 Å². The van der Waals surface area contributed by atoms with Crippen LogP contribution in [0.5, 0.6) is 0 Å². The van der Waals surface area contributed by atoms with Crippen LogP contribution >= 0.6 is 0 Å². The average molecular weight is 552 g/mol. The van der Waals surface area contributed by atoms with Crippen molar-refractivity contribution in [1.29, 1.82) is 0 Å². The molecule has 1 unspecified atom stereocenters. The highest BCUT2D eigenvalue weighted by atomic mass is 15.1. The fourth-order valence-corrected chi connectivity index (χ4v) is 5.58. The molecule has 0 aromatic heterocycles. The Morgan fingerprint density at radius 3 is 2.21 bits per heavy atom. The van der Waals surface area contributed by atoms with E-state index in [-0.39, 0.29) is 0 Å². The molecule has 1 heteroatoms. The van der Waals surface area contributed by atoms with E-state index in [1.54, 1.807) is 0 Å². The maximum Gasteiger partial charge on any atom is 0.0437 e. The summed E-state index contributed by atoms with van der Waals surface area (Å²) in [7, 11) is 2.14. The van der Waals surface area contributed by atoms with Crippen LogP contribution in [0, 0.1) is 12.8 Å². The molecule has 0 spiro atoms. The summed E-state index contributed by atoms with van der Waals surface area (Å²) in [6.07, 6.45) is 8.95. The van der Waals surface area contributed by atoms with Gasteiger partial charge in [0.05, 0.1) is 0 Å². The molecule has 42 heavy (non-hydrogen) atoms. The van der Waals surface area contributed by atoms with Gasteiger partial charge in [0.2, 0.25) is 0 Å². The summed E-state index contributed by atoms with van der Waals surface area (Å²) in [5.41, 5.74) is 13.9. The molecular formula is C41H45N. The quantitative estimate of drug-likeness (QED) is 0.200. The summed E-state index contributed by atoms with van der Waals surface area (Å²) in [6.45, 7) is 15.3. The van der Waals surface area contributed by atoms with Crippen LogP contribution in [0.4, 0.5) is 11.4 Å². The average Bonchev–Trinajstić information content (AvgIpc) is 3.55. The van der Waals surface area contributed by atoms with Gasteiger partial charge in [0, 0.05) is 18.4 Å². The summed E-state index contributed by atoms with van der Waals surface area (Å²) >= 11 is 0. The summed E-state index contributed by atoms with van der Waals surface area (Å²) in [6, 6.07) is 36.7. The van der Waals surface area contributed by atoms with E-state index >= 15 is 0 Å². The molecule has 0 saturated heterocycles. The van der Waals surface area contributed by atoms with Crippen LogP contribution < -0.4 is 4.90 Å². The molecule has 0 N–H and O–H groups in total. The van der Waals surface area contributed by atoms with E-state index < -0.39 is 0 Å². The van der Waals surface area contributed by atoms with Gasteiger partial charge in [0.15, 0.2) is 0 Å². The molecule has 5 rings (SSSR count). The van der Waals surface area contributed by atoms with Crippen LogP contribution in [0.15, 0.2) is 139 Å². The van der Waals surface area contributed by atoms with Gasteiger partial charge in [-0.05, 0) is 95.3 Å². The highest BCUT2D eigenvalue weighted by Gasteiger charge is 2.18. The van der Waals surface area contributed by atoms with Gasteiger partial charge in [-0.1, -0.05) is 136 Å². The first kappa shape index (κ1) is 30.6. The maximum absolute atomic E-state index is 4.51. The zero-order chi connectivity index (χ0) is 30.1. The van der Waals surface area contributed by atoms with Gasteiger partial charge in [0.1, 0.15) is 0 Å². The van der Waals surface area contributed by atoms with Gasteiger partial charge in [-0.25, -0.2) is 0 Å². The normalized spacial score (nSPS) is 13.4. The third-order valence-electron chi connectivity index (χ3n) is 8.17. The van der Waals surface area contributed by atoms with E-state index in [4.69, 9.17) is 0 Å². The Balaban J connectivity index is 0.00000198. The smallest absolute Gasteiger partial charge is 0.0437 e. The number of anilines is 2. The zero-order valence-corrected chi connectivity index (χ0v) is 26.2. The fraction of sp³-hybridized carbons (Fsp3) is 0.220. The predicted octanol–water partition coefficient (Wildman–Crippen LogP) is 11.9. The predicted molar refractivity (Wildman–Crippen MR) is 186 cm³/mol. The van der Waals surface area contributed by atoms with E-state index in [9.17, 15) is 0 Å². The topological polar surface area (TPSA) is 3.24 Å². The molecule has 1 aliphatic carbocycles. The SMILES string of the molecule is C=C(C1=C(C(C)C/C=C(\C)c2cccc(N(C)c3ccccc3C)c2)CC=C1)c1ccc(-c2ccccc2)cc1.CC. The first-order valence-corrected chi connectivity index (χ1v) is 15.2. The van der Waals surface area contributed by atoms with Gasteiger partial charge >= 0.3 is 0 Å². The minimum absolute atomic E-state index is 0.443. The van der Waals surface area contributed by atoms with Crippen LogP contribution in [0.25, 0.3) is 22.3 Å². The number of allylic oxidation sites excluding steroid dienone is 7. The minimum atomic E-state index is 0.443. The number of para-hydroxylation sites is 1. The lowest BCUT2D eigenvalue weighted by molar-refractivity contribution is 0.680. The zero-order valence-electron chi connectivity index (χ0n) is 26.2. The second kappa shape index (κ2) is 14.5. The summed E-state index contributed by atoms with van der Waals surface area (Å²) in [5.74, 6) is 0.443. The molecule has 0 bridgehead atoms. The maximum atomic E-state index is 4.51. The Kier molecular flexibility index (Phi) is 10.6. The largest absolute Gasteiger partial charge is 0.344 e. The number of hydrogen-bond donors (Lipinski definition) is 0. The van der Waals surface area contributed by atoms with Gasteiger partial charge in [0.25, 0.3) is 0 Å². The highest BCUT2D eigenvalue weighted by Crippen LogP contribution is 2.37. The van der Waals surface area contributed by atoms with Crippen molar-refractivity contribution < 1.29 is 0 Å². The van der Waals surface area contributed by atoms with E-state index in [1.807, 2.05) is 13.8 Å². The Morgan fingerprint density at radius 1 is 0.833 bits per heavy atom. The molecule has 0 fully saturated rings. The molecule has 1 nitrogen and oxygen atoms in total. The van der Waals surface area contributed by atoms with Crippen molar-refractivity contribution in [2.45, 2.75) is 47.5 Å². The Labute approximate surface area is 254 Å². The van der Waals surface area contributed by atoms with Gasteiger partial charge < -0.3 is 4.90 Å². The van der Waals surface area contributed by atoms with E-state index in [1.165, 1.54) is 55.9 Å². The molecule has 0 aliphatic heterocycles. The van der Waals surface area contributed by atoms with Crippen molar-refractivity contribution >= 4 is 22.5 Å². The second-order valence-electron chi connectivity index (χ2n) is 10.9. The second-order valence-corrected chi connectivity index (χ2v) is 10.9. The standard InChI is InChI=1S/C39H39N.C2H6/c1-28(35-16-11-17-36(27-35)40(5)39-20-10-9-13-30(39)3)21-22-29(2)37-18-12-19-38(37)31(4)32-23-25-34(26-24-32)33-14-7-6-8-15-33;1-2/h6-17,19-21,23-27,29H,4,18,22H2,1-3,5H3;1-2H3/b28-21+;. The van der Waals surface area contributed by atoms with Crippen LogP contribution in [0.2, 0.25) is 0 Å². The van der Waals surface area contributed by atoms with Gasteiger partial charge in [-0.2, -0.15) is 0 Å². The first-order chi connectivity index (χ1) is 20.4. The van der Waals surface area contributed by atoms with E-state index in [0.717, 1.165) is 18.4 Å². The van der Waals surface area contributed by atoms with Crippen molar-refractivity contribution in [1.82, 2.24) is 0 Å². The number of aryl methyl sites for hydroxylation is 1. The monoisotopic (exact) mass is 551 g/mol. The molecule has 0 saturated carbocycles. The summed E-state index contributed by atoms with van der Waals surface area (Å²) in [5, 5.41) is 0. The molecule has 0 heterocycles. The van der Waals surface area contributed by atoms with Crippen molar-refractivity contribution in [3.8, 4) is 11.1 Å². The third kappa shape index (κ3) is 7.09. The molecule has 0 amide bonds. The lowest BCUT2D eigenvalue weighted by atomic mass is 9.88. The molecule has 1 aliphatic rings. The van der Waals surface area contributed by atoms with Crippen molar-refractivity contribution in [2.75, 3.05) is 11.9 Å². The lowest BCUT2D eigenvalue weighted by Gasteiger charge is -2.22. The molecule has 4 aromatic rings. The first-order valence-electron chi connectivity index (χ1n) is 15.2. The number of benzene rings is 4. The van der Waals surface area contributed by atoms with Crippen LogP contribution in [-0.2, 0) is 0 Å². The minimum Gasteiger partial charge on any atom is -0.344 e. The third-order valence-corrected chi connectivity index (χ3v) is 8.17.